The maximum atomic E-state index is 13.1. The molecule has 0 aliphatic heterocycles. The molecule has 2 unspecified atom stereocenters. The van der Waals surface area contributed by atoms with Crippen molar-refractivity contribution >= 4 is 23.0 Å². The minimum absolute atomic E-state index is 0.484. The van der Waals surface area contributed by atoms with Crippen molar-refractivity contribution in [2.75, 3.05) is 0 Å². The summed E-state index contributed by atoms with van der Waals surface area (Å²) >= 11 is 0. The first kappa shape index (κ1) is 31.5. The third-order valence-electron chi connectivity index (χ3n) is 8.38. The van der Waals surface area contributed by atoms with E-state index in [0.717, 1.165) is 24.0 Å². The average Bonchev–Trinajstić information content (AvgIpc) is 2.94. The molecule has 0 saturated carbocycles. The topological polar surface area (TPSA) is 40.5 Å². The third-order valence-corrected chi connectivity index (χ3v) is 12.4. The first-order chi connectivity index (χ1) is 18.8. The van der Waals surface area contributed by atoms with Crippen molar-refractivity contribution in [1.29, 1.82) is 0 Å². The molecule has 2 nitrogen and oxygen atoms in total. The Bertz CT molecular complexity index is 1060. The molecule has 3 aromatic rings. The van der Waals surface area contributed by atoms with Gasteiger partial charge in [0.05, 0.1) is 0 Å². The van der Waals surface area contributed by atoms with Crippen LogP contribution in [-0.4, -0.2) is 9.79 Å². The molecular weight excluding hydrogens is 495 g/mol. The Balaban J connectivity index is 2.05. The number of hydrogen-bond donors (Lipinski definition) is 2. The van der Waals surface area contributed by atoms with E-state index in [1.54, 1.807) is 0 Å². The molecule has 0 fully saturated rings. The van der Waals surface area contributed by atoms with Gasteiger partial charge in [0.15, 0.2) is 0 Å². The van der Waals surface area contributed by atoms with Crippen LogP contribution in [0.15, 0.2) is 78.9 Å². The normalized spacial score (nSPS) is 14.5. The van der Waals surface area contributed by atoms with Gasteiger partial charge in [0.2, 0.25) is 0 Å². The van der Waals surface area contributed by atoms with E-state index in [1.807, 2.05) is 54.6 Å². The van der Waals surface area contributed by atoms with Gasteiger partial charge in [-0.25, -0.2) is 0 Å². The molecule has 214 valence electrons. The van der Waals surface area contributed by atoms with Crippen LogP contribution in [0.1, 0.15) is 103 Å². The van der Waals surface area contributed by atoms with Crippen LogP contribution < -0.4 is 15.9 Å². The second-order valence-corrected chi connectivity index (χ2v) is 15.5. The molecule has 3 rings (SSSR count). The van der Waals surface area contributed by atoms with Crippen LogP contribution in [0.2, 0.25) is 0 Å². The Morgan fingerprint density at radius 1 is 0.538 bits per heavy atom. The quantitative estimate of drug-likeness (QED) is 0.131. The summed E-state index contributed by atoms with van der Waals surface area (Å²) in [5.41, 5.74) is 2.13. The predicted molar refractivity (Wildman–Crippen MR) is 173 cm³/mol. The summed E-state index contributed by atoms with van der Waals surface area (Å²) in [6.07, 6.45) is 14.1. The summed E-state index contributed by atoms with van der Waals surface area (Å²) in [7, 11) is -4.71. The Labute approximate surface area is 239 Å². The Morgan fingerprint density at radius 3 is 1.38 bits per heavy atom. The average molecular weight is 549 g/mol. The van der Waals surface area contributed by atoms with E-state index < -0.39 is 7.06 Å². The van der Waals surface area contributed by atoms with E-state index in [2.05, 4.69) is 52.0 Å². The third kappa shape index (κ3) is 8.03. The van der Waals surface area contributed by atoms with Crippen LogP contribution in [0, 0.1) is 11.8 Å². The summed E-state index contributed by atoms with van der Waals surface area (Å²) < 4.78 is 0. The molecule has 0 bridgehead atoms. The zero-order valence-corrected chi connectivity index (χ0v) is 25.9. The van der Waals surface area contributed by atoms with E-state index in [1.165, 1.54) is 64.2 Å². The second-order valence-electron chi connectivity index (χ2n) is 11.9. The zero-order valence-electron chi connectivity index (χ0n) is 25.0. The summed E-state index contributed by atoms with van der Waals surface area (Å²) in [6.45, 7) is 9.12. The maximum absolute atomic E-state index is 13.1. The molecule has 0 saturated heterocycles. The van der Waals surface area contributed by atoms with Crippen LogP contribution in [-0.2, 0) is 12.8 Å². The number of rotatable bonds is 17. The van der Waals surface area contributed by atoms with Gasteiger partial charge in [0, 0.05) is 0 Å². The van der Waals surface area contributed by atoms with Crippen LogP contribution in [0.25, 0.3) is 0 Å². The van der Waals surface area contributed by atoms with Gasteiger partial charge < -0.3 is 0 Å². The number of benzene rings is 3. The van der Waals surface area contributed by atoms with E-state index in [9.17, 15) is 9.79 Å². The molecule has 0 aliphatic carbocycles. The first-order valence-corrected chi connectivity index (χ1v) is 17.7. The fourth-order valence-corrected chi connectivity index (χ4v) is 9.82. The molecule has 2 N–H and O–H groups in total. The van der Waals surface area contributed by atoms with Crippen molar-refractivity contribution in [3.63, 3.8) is 0 Å². The van der Waals surface area contributed by atoms with Gasteiger partial charge in [-0.3, -0.25) is 0 Å². The molecule has 0 amide bonds. The summed E-state index contributed by atoms with van der Waals surface area (Å²) in [5, 5.41) is 2.03. The Kier molecular flexibility index (Phi) is 12.2. The van der Waals surface area contributed by atoms with Crippen molar-refractivity contribution in [2.45, 2.75) is 105 Å². The summed E-state index contributed by atoms with van der Waals surface area (Å²) in [5.74, 6) is 0.968. The summed E-state index contributed by atoms with van der Waals surface area (Å²) in [6, 6.07) is 25.9. The fraction of sp³-hybridized carbons (Fsp3) is 0.500. The van der Waals surface area contributed by atoms with E-state index in [0.29, 0.717) is 27.7 Å². The van der Waals surface area contributed by atoms with Crippen molar-refractivity contribution in [3.05, 3.63) is 90.0 Å². The molecule has 39 heavy (non-hydrogen) atoms. The van der Waals surface area contributed by atoms with Crippen LogP contribution in [0.3, 0.4) is 0 Å². The molecule has 2 atom stereocenters. The van der Waals surface area contributed by atoms with Crippen molar-refractivity contribution in [1.82, 2.24) is 0 Å². The molecule has 0 aliphatic rings. The minimum atomic E-state index is -4.71. The van der Waals surface area contributed by atoms with Gasteiger partial charge in [-0.2, -0.15) is 0 Å². The molecule has 3 heteroatoms. The van der Waals surface area contributed by atoms with Crippen LogP contribution >= 0.6 is 7.06 Å². The van der Waals surface area contributed by atoms with E-state index in [4.69, 9.17) is 0 Å². The van der Waals surface area contributed by atoms with Gasteiger partial charge in [-0.15, -0.1) is 0 Å². The predicted octanol–water partition coefficient (Wildman–Crippen LogP) is 8.63. The monoisotopic (exact) mass is 548 g/mol. The zero-order chi connectivity index (χ0) is 28.2. The van der Waals surface area contributed by atoms with Crippen molar-refractivity contribution in [3.8, 4) is 0 Å². The molecule has 3 aromatic carbocycles. The van der Waals surface area contributed by atoms with Crippen LogP contribution in [0.5, 0.6) is 0 Å². The van der Waals surface area contributed by atoms with Gasteiger partial charge in [-0.05, 0) is 0 Å². The van der Waals surface area contributed by atoms with Gasteiger partial charge >= 0.3 is 239 Å². The van der Waals surface area contributed by atoms with E-state index >= 15 is 0 Å². The fourth-order valence-electron chi connectivity index (χ4n) is 6.11. The van der Waals surface area contributed by atoms with Gasteiger partial charge in [0.1, 0.15) is 0 Å². The molecule has 0 heterocycles. The Hall–Kier alpha value is -1.99. The molecule has 0 aromatic heterocycles. The second kappa shape index (κ2) is 15.1. The number of hydrogen-bond acceptors (Lipinski definition) is 2. The Morgan fingerprint density at radius 2 is 0.949 bits per heavy atom. The molecule has 0 radical (unpaired) electrons. The van der Waals surface area contributed by atoms with E-state index in [-0.39, 0.29) is 0 Å². The summed E-state index contributed by atoms with van der Waals surface area (Å²) in [4.78, 5) is 26.1. The van der Waals surface area contributed by atoms with Crippen molar-refractivity contribution < 1.29 is 9.79 Å². The molecular formula is C36H53O2P. The van der Waals surface area contributed by atoms with Crippen LogP contribution in [0.4, 0.5) is 0 Å². The van der Waals surface area contributed by atoms with Gasteiger partial charge in [0.25, 0.3) is 0 Å². The SMILES string of the molecule is CCCCCCC(C)Cc1ccccc1P(O)(O)(c1ccccc1)c1ccccc1CC(C)CCCCCC. The standard InChI is InChI=1S/C36H53O2P/c1-5-7-9-12-20-30(3)28-32-22-16-18-26-35(32)39(37,38,34-24-14-11-15-25-34)36-27-19-17-23-33(36)29-31(4)21-13-10-8-6-2/h11,14-19,22-27,30-31,37-38H,5-10,12-13,20-21,28-29H2,1-4H3. The first-order valence-electron chi connectivity index (χ1n) is 15.5. The van der Waals surface area contributed by atoms with Crippen molar-refractivity contribution in [2.24, 2.45) is 11.8 Å². The molecule has 0 spiro atoms. The number of unbranched alkanes of at least 4 members (excludes halogenated alkanes) is 6. The van der Waals surface area contributed by atoms with Gasteiger partial charge in [-0.1, -0.05) is 0 Å².